The van der Waals surface area contributed by atoms with Crippen LogP contribution in [0.2, 0.25) is 0 Å². The smallest absolute Gasteiger partial charge is 0.224 e. The Bertz CT molecular complexity index is 796. The predicted octanol–water partition coefficient (Wildman–Crippen LogP) is 3.54. The van der Waals surface area contributed by atoms with E-state index in [4.69, 9.17) is 4.42 Å². The monoisotopic (exact) mass is 345 g/mol. The molecule has 0 aliphatic heterocycles. The maximum atomic E-state index is 12.8. The lowest BCUT2D eigenvalue weighted by Crippen LogP contribution is -2.29. The van der Waals surface area contributed by atoms with E-state index in [1.165, 1.54) is 12.1 Å². The number of aliphatic hydroxyl groups is 1. The number of aliphatic hydroxyl groups excluding tert-OH is 1. The highest BCUT2D eigenvalue weighted by atomic mass is 32.1. The van der Waals surface area contributed by atoms with Crippen molar-refractivity contribution in [2.75, 3.05) is 6.54 Å². The van der Waals surface area contributed by atoms with E-state index < -0.39 is 6.10 Å². The number of nitrogens with one attached hydrogen (secondary N) is 1. The normalized spacial score (nSPS) is 12.1. The van der Waals surface area contributed by atoms with Crippen LogP contribution < -0.4 is 5.32 Å². The summed E-state index contributed by atoms with van der Waals surface area (Å²) in [5, 5.41) is 16.7. The van der Waals surface area contributed by atoms with Crippen LogP contribution in [0, 0.1) is 5.82 Å². The highest BCUT2D eigenvalue weighted by molar-refractivity contribution is 7.08. The van der Waals surface area contributed by atoms with Crippen LogP contribution in [-0.2, 0) is 11.2 Å². The molecule has 0 aliphatic rings. The Labute approximate surface area is 142 Å². The average molecular weight is 345 g/mol. The molecule has 2 heterocycles. The van der Waals surface area contributed by atoms with Crippen molar-refractivity contribution >= 4 is 17.2 Å². The van der Waals surface area contributed by atoms with Crippen molar-refractivity contribution in [2.45, 2.75) is 12.5 Å². The van der Waals surface area contributed by atoms with Crippen molar-refractivity contribution in [2.24, 2.45) is 0 Å². The third-order valence-electron chi connectivity index (χ3n) is 3.53. The molecular formula is C18H16FNO3S. The Morgan fingerprint density at radius 3 is 2.71 bits per heavy atom. The molecule has 124 valence electrons. The molecule has 24 heavy (non-hydrogen) atoms. The fraction of sp³-hybridized carbons (Fsp3) is 0.167. The minimum absolute atomic E-state index is 0.0522. The molecule has 3 aromatic rings. The Kier molecular flexibility index (Phi) is 5.08. The van der Waals surface area contributed by atoms with Crippen LogP contribution in [0.5, 0.6) is 0 Å². The number of carbonyl (C=O) groups is 1. The largest absolute Gasteiger partial charge is 0.458 e. The summed E-state index contributed by atoms with van der Waals surface area (Å²) in [7, 11) is 0. The molecule has 0 aliphatic carbocycles. The predicted molar refractivity (Wildman–Crippen MR) is 90.1 cm³/mol. The van der Waals surface area contributed by atoms with Crippen LogP contribution in [0.4, 0.5) is 4.39 Å². The van der Waals surface area contributed by atoms with Crippen molar-refractivity contribution in [1.29, 1.82) is 0 Å². The SMILES string of the molecule is O=C(Cc1ccc(F)cc1)NCC(O)c1ccc(-c2ccsc2)o1. The van der Waals surface area contributed by atoms with Gasteiger partial charge in [0, 0.05) is 10.9 Å². The van der Waals surface area contributed by atoms with Gasteiger partial charge in [0.05, 0.1) is 13.0 Å². The second-order valence-corrected chi connectivity index (χ2v) is 6.12. The van der Waals surface area contributed by atoms with E-state index in [0.29, 0.717) is 17.1 Å². The van der Waals surface area contributed by atoms with Gasteiger partial charge in [-0.05, 0) is 41.3 Å². The lowest BCUT2D eigenvalue weighted by molar-refractivity contribution is -0.120. The topological polar surface area (TPSA) is 62.5 Å². The van der Waals surface area contributed by atoms with E-state index in [-0.39, 0.29) is 24.7 Å². The van der Waals surface area contributed by atoms with Crippen molar-refractivity contribution in [3.63, 3.8) is 0 Å². The van der Waals surface area contributed by atoms with Gasteiger partial charge in [0.2, 0.25) is 5.91 Å². The van der Waals surface area contributed by atoms with Gasteiger partial charge in [-0.1, -0.05) is 12.1 Å². The third-order valence-corrected chi connectivity index (χ3v) is 4.21. The molecule has 6 heteroatoms. The summed E-state index contributed by atoms with van der Waals surface area (Å²) < 4.78 is 18.4. The minimum atomic E-state index is -0.922. The molecule has 0 radical (unpaired) electrons. The number of amides is 1. The lowest BCUT2D eigenvalue weighted by Gasteiger charge is -2.10. The number of thiophene rings is 1. The summed E-state index contributed by atoms with van der Waals surface area (Å²) in [6.45, 7) is 0.0522. The van der Waals surface area contributed by atoms with Gasteiger partial charge in [0.1, 0.15) is 23.4 Å². The molecule has 1 unspecified atom stereocenters. The van der Waals surface area contributed by atoms with Gasteiger partial charge >= 0.3 is 0 Å². The molecule has 3 rings (SSSR count). The van der Waals surface area contributed by atoms with Gasteiger partial charge in [-0.3, -0.25) is 4.79 Å². The molecule has 0 bridgehead atoms. The van der Waals surface area contributed by atoms with Crippen LogP contribution in [-0.4, -0.2) is 17.6 Å². The maximum Gasteiger partial charge on any atom is 0.224 e. The fourth-order valence-electron chi connectivity index (χ4n) is 2.25. The minimum Gasteiger partial charge on any atom is -0.458 e. The number of furan rings is 1. The Morgan fingerprint density at radius 2 is 2.00 bits per heavy atom. The molecule has 1 amide bonds. The first kappa shape index (κ1) is 16.4. The molecule has 4 nitrogen and oxygen atoms in total. The number of carbonyl (C=O) groups excluding carboxylic acids is 1. The van der Waals surface area contributed by atoms with Gasteiger partial charge in [-0.2, -0.15) is 11.3 Å². The first-order valence-corrected chi connectivity index (χ1v) is 8.37. The van der Waals surface area contributed by atoms with Gasteiger partial charge in [-0.15, -0.1) is 0 Å². The van der Waals surface area contributed by atoms with Gasteiger partial charge in [0.25, 0.3) is 0 Å². The summed E-state index contributed by atoms with van der Waals surface area (Å²) in [5.41, 5.74) is 1.67. The molecule has 0 saturated carbocycles. The zero-order valence-corrected chi connectivity index (χ0v) is 13.6. The quantitative estimate of drug-likeness (QED) is 0.718. The van der Waals surface area contributed by atoms with Crippen LogP contribution in [0.3, 0.4) is 0 Å². The number of benzene rings is 1. The lowest BCUT2D eigenvalue weighted by atomic mass is 10.1. The van der Waals surface area contributed by atoms with E-state index in [9.17, 15) is 14.3 Å². The molecular weight excluding hydrogens is 329 g/mol. The fourth-order valence-corrected chi connectivity index (χ4v) is 2.90. The number of hydrogen-bond donors (Lipinski definition) is 2. The Hall–Kier alpha value is -2.44. The summed E-state index contributed by atoms with van der Waals surface area (Å²) in [5.74, 6) is 0.500. The first-order valence-electron chi connectivity index (χ1n) is 7.43. The number of rotatable bonds is 6. The number of hydrogen-bond acceptors (Lipinski definition) is 4. The van der Waals surface area contributed by atoms with E-state index in [2.05, 4.69) is 5.32 Å². The van der Waals surface area contributed by atoms with Crippen LogP contribution >= 0.6 is 11.3 Å². The maximum absolute atomic E-state index is 12.8. The number of halogens is 1. The zero-order chi connectivity index (χ0) is 16.9. The third kappa shape index (κ3) is 4.10. The van der Waals surface area contributed by atoms with Crippen molar-refractivity contribution in [3.05, 3.63) is 70.4 Å². The van der Waals surface area contributed by atoms with Crippen LogP contribution in [0.15, 0.2) is 57.6 Å². The second-order valence-electron chi connectivity index (χ2n) is 5.34. The van der Waals surface area contributed by atoms with Crippen LogP contribution in [0.25, 0.3) is 11.3 Å². The van der Waals surface area contributed by atoms with E-state index in [1.807, 2.05) is 16.8 Å². The summed E-state index contributed by atoms with van der Waals surface area (Å²) in [6.07, 6.45) is -0.791. The summed E-state index contributed by atoms with van der Waals surface area (Å²) in [6, 6.07) is 11.2. The second kappa shape index (κ2) is 7.42. The Morgan fingerprint density at radius 1 is 1.21 bits per heavy atom. The van der Waals surface area contributed by atoms with Gasteiger partial charge in [-0.25, -0.2) is 4.39 Å². The van der Waals surface area contributed by atoms with Gasteiger partial charge < -0.3 is 14.8 Å². The first-order chi connectivity index (χ1) is 11.6. The van der Waals surface area contributed by atoms with E-state index in [0.717, 1.165) is 5.56 Å². The van der Waals surface area contributed by atoms with Gasteiger partial charge in [0.15, 0.2) is 0 Å². The highest BCUT2D eigenvalue weighted by Gasteiger charge is 2.15. The standard InChI is InChI=1S/C18H16FNO3S/c19-14-3-1-12(2-4-14)9-18(22)20-10-15(21)17-6-5-16(23-17)13-7-8-24-11-13/h1-8,11,15,21H,9-10H2,(H,20,22). The summed E-state index contributed by atoms with van der Waals surface area (Å²) >= 11 is 1.57. The summed E-state index contributed by atoms with van der Waals surface area (Å²) in [4.78, 5) is 11.9. The van der Waals surface area contributed by atoms with Crippen molar-refractivity contribution in [1.82, 2.24) is 5.32 Å². The molecule has 2 N–H and O–H groups in total. The molecule has 2 aromatic heterocycles. The van der Waals surface area contributed by atoms with Crippen molar-refractivity contribution in [3.8, 4) is 11.3 Å². The highest BCUT2D eigenvalue weighted by Crippen LogP contribution is 2.26. The zero-order valence-electron chi connectivity index (χ0n) is 12.7. The molecule has 1 aromatic carbocycles. The van der Waals surface area contributed by atoms with E-state index in [1.54, 1.807) is 35.6 Å². The Balaban J connectivity index is 1.52. The molecule has 0 spiro atoms. The molecule has 1 atom stereocenters. The molecule has 0 fully saturated rings. The van der Waals surface area contributed by atoms with Crippen molar-refractivity contribution < 1.29 is 18.7 Å². The van der Waals surface area contributed by atoms with E-state index >= 15 is 0 Å². The average Bonchev–Trinajstić information content (AvgIpc) is 3.25. The van der Waals surface area contributed by atoms with Crippen LogP contribution in [0.1, 0.15) is 17.4 Å². The molecule has 0 saturated heterocycles.